The molecule has 180 valence electrons. The molecule has 1 saturated carbocycles. The maximum atomic E-state index is 11.1. The molecule has 1 fully saturated rings. The number of nitrogens with two attached hydrogens (primary N) is 1. The molecule has 1 heterocycles. The molecular weight excluding hydrogens is 458 g/mol. The average Bonchev–Trinajstić information content (AvgIpc) is 3.36. The highest BCUT2D eigenvalue weighted by Gasteiger charge is 2.42. The van der Waals surface area contributed by atoms with Gasteiger partial charge >= 0.3 is 10.3 Å². The molecular formula is C23H27N5O5S. The van der Waals surface area contributed by atoms with Crippen LogP contribution in [0, 0.1) is 5.92 Å². The lowest BCUT2D eigenvalue weighted by atomic mass is 10.0. The first-order chi connectivity index (χ1) is 16.2. The minimum atomic E-state index is -4.15. The summed E-state index contributed by atoms with van der Waals surface area (Å²) in [6.45, 7) is 5.13. The fraction of sp³-hybridized carbons (Fsp3) is 0.304. The number of nitrogens with one attached hydrogen (secondary N) is 1. The van der Waals surface area contributed by atoms with Crippen LogP contribution >= 0.6 is 0 Å². The Hall–Kier alpha value is -3.09. The van der Waals surface area contributed by atoms with E-state index in [4.69, 9.17) is 10.2 Å². The zero-order chi connectivity index (χ0) is 24.5. The molecule has 4 rings (SSSR count). The summed E-state index contributed by atoms with van der Waals surface area (Å²) in [7, 11) is -4.15. The Morgan fingerprint density at radius 3 is 2.74 bits per heavy atom. The van der Waals surface area contributed by atoms with Crippen molar-refractivity contribution in [3.8, 4) is 11.3 Å². The van der Waals surface area contributed by atoms with E-state index in [0.29, 0.717) is 17.3 Å². The molecule has 0 radical (unpaired) electrons. The van der Waals surface area contributed by atoms with E-state index in [1.165, 1.54) is 0 Å². The Kier molecular flexibility index (Phi) is 6.82. The quantitative estimate of drug-likeness (QED) is 0.355. The highest BCUT2D eigenvalue weighted by molar-refractivity contribution is 7.84. The molecule has 5 N–H and O–H groups in total. The van der Waals surface area contributed by atoms with Crippen molar-refractivity contribution in [3.05, 3.63) is 54.6 Å². The molecule has 10 nitrogen and oxygen atoms in total. The third-order valence-electron chi connectivity index (χ3n) is 6.00. The number of hydrogen-bond donors (Lipinski definition) is 4. The number of aliphatic hydroxyl groups is 2. The third-order valence-corrected chi connectivity index (χ3v) is 6.47. The van der Waals surface area contributed by atoms with Crippen LogP contribution in [-0.2, 0) is 14.5 Å². The van der Waals surface area contributed by atoms with Crippen molar-refractivity contribution in [2.45, 2.75) is 31.6 Å². The van der Waals surface area contributed by atoms with Crippen molar-refractivity contribution in [2.75, 3.05) is 6.61 Å². The van der Waals surface area contributed by atoms with Crippen molar-refractivity contribution >= 4 is 39.4 Å². The molecule has 1 aliphatic carbocycles. The molecule has 0 bridgehead atoms. The first-order valence-electron chi connectivity index (χ1n) is 10.7. The zero-order valence-corrected chi connectivity index (χ0v) is 19.4. The van der Waals surface area contributed by atoms with E-state index in [1.54, 1.807) is 17.7 Å². The van der Waals surface area contributed by atoms with Gasteiger partial charge < -0.3 is 15.5 Å². The molecule has 2 aromatic carbocycles. The molecule has 0 unspecified atom stereocenters. The van der Waals surface area contributed by atoms with E-state index in [2.05, 4.69) is 21.2 Å². The zero-order valence-electron chi connectivity index (χ0n) is 18.6. The Balaban J connectivity index is 1.60. The minimum Gasteiger partial charge on any atom is -0.390 e. The number of aliphatic hydroxyl groups excluding tert-OH is 2. The van der Waals surface area contributed by atoms with Crippen molar-refractivity contribution in [3.63, 3.8) is 0 Å². The molecule has 4 atom stereocenters. The number of rotatable bonds is 8. The van der Waals surface area contributed by atoms with Crippen LogP contribution in [0.15, 0.2) is 59.6 Å². The highest BCUT2D eigenvalue weighted by Crippen LogP contribution is 2.32. The predicted molar refractivity (Wildman–Crippen MR) is 130 cm³/mol. The average molecular weight is 486 g/mol. The van der Waals surface area contributed by atoms with Crippen molar-refractivity contribution < 1.29 is 22.8 Å². The smallest absolute Gasteiger partial charge is 0.333 e. The third kappa shape index (κ3) is 4.88. The largest absolute Gasteiger partial charge is 0.390 e. The summed E-state index contributed by atoms with van der Waals surface area (Å²) < 4.78 is 28.4. The van der Waals surface area contributed by atoms with Gasteiger partial charge in [0.2, 0.25) is 0 Å². The summed E-state index contributed by atoms with van der Waals surface area (Å²) in [5, 5.41) is 35.8. The summed E-state index contributed by atoms with van der Waals surface area (Å²) in [6, 6.07) is 15.2. The number of nitrogens with zero attached hydrogens (tertiary/aromatic N) is 3. The molecule has 34 heavy (non-hydrogen) atoms. The van der Waals surface area contributed by atoms with Gasteiger partial charge in [0.15, 0.2) is 5.82 Å². The monoisotopic (exact) mass is 485 g/mol. The number of aliphatic imine (C=N–C) groups is 1. The maximum absolute atomic E-state index is 11.1. The lowest BCUT2D eigenvalue weighted by Gasteiger charge is -2.21. The summed E-state index contributed by atoms with van der Waals surface area (Å²) in [5.41, 5.74) is 1.64. The lowest BCUT2D eigenvalue weighted by Crippen LogP contribution is -2.40. The summed E-state index contributed by atoms with van der Waals surface area (Å²) in [6.07, 6.45) is -0.318. The number of benzene rings is 2. The highest BCUT2D eigenvalue weighted by atomic mass is 32.2. The van der Waals surface area contributed by atoms with Gasteiger partial charge in [0, 0.05) is 17.5 Å². The van der Waals surface area contributed by atoms with Gasteiger partial charge in [0.05, 0.1) is 24.4 Å². The van der Waals surface area contributed by atoms with E-state index >= 15 is 0 Å². The van der Waals surface area contributed by atoms with Crippen LogP contribution < -0.4 is 10.5 Å². The lowest BCUT2D eigenvalue weighted by molar-refractivity contribution is 0.00412. The molecule has 0 spiro atoms. The fourth-order valence-electron chi connectivity index (χ4n) is 4.31. The van der Waals surface area contributed by atoms with Crippen LogP contribution in [0.5, 0.6) is 0 Å². The van der Waals surface area contributed by atoms with E-state index in [9.17, 15) is 18.6 Å². The number of hydrogen-bond acceptors (Lipinski definition) is 8. The molecule has 0 amide bonds. The number of fused-ring (bicyclic) bond motifs is 1. The predicted octanol–water partition coefficient (Wildman–Crippen LogP) is 1.77. The second kappa shape index (κ2) is 9.65. The van der Waals surface area contributed by atoms with Gasteiger partial charge in [-0.15, -0.1) is 0 Å². The van der Waals surface area contributed by atoms with Crippen molar-refractivity contribution in [1.29, 1.82) is 0 Å². The van der Waals surface area contributed by atoms with Crippen LogP contribution in [0.3, 0.4) is 0 Å². The minimum absolute atomic E-state index is 0.253. The second-order valence-corrected chi connectivity index (χ2v) is 9.38. The first kappa shape index (κ1) is 24.0. The van der Waals surface area contributed by atoms with Gasteiger partial charge in [-0.25, -0.2) is 10.1 Å². The Morgan fingerprint density at radius 1 is 1.29 bits per heavy atom. The van der Waals surface area contributed by atoms with Gasteiger partial charge in [0.25, 0.3) is 0 Å². The van der Waals surface area contributed by atoms with Gasteiger partial charge in [-0.2, -0.15) is 18.2 Å². The normalized spacial score (nSPS) is 23.4. The molecule has 1 aliphatic rings. The molecule has 3 aromatic rings. The molecule has 1 aromatic heterocycles. The van der Waals surface area contributed by atoms with E-state index in [1.807, 2.05) is 48.5 Å². The van der Waals surface area contributed by atoms with Gasteiger partial charge in [-0.1, -0.05) is 42.5 Å². The fourth-order valence-corrected chi connectivity index (χ4v) is 4.68. The van der Waals surface area contributed by atoms with E-state index in [-0.39, 0.29) is 13.0 Å². The topological polar surface area (TPSA) is 152 Å². The van der Waals surface area contributed by atoms with Crippen LogP contribution in [0.1, 0.15) is 13.3 Å². The number of aromatic nitrogens is 2. The molecule has 0 aliphatic heterocycles. The van der Waals surface area contributed by atoms with Crippen molar-refractivity contribution in [2.24, 2.45) is 16.0 Å². The van der Waals surface area contributed by atoms with Crippen molar-refractivity contribution in [1.82, 2.24) is 15.1 Å². The summed E-state index contributed by atoms with van der Waals surface area (Å²) in [4.78, 5) is 4.10. The summed E-state index contributed by atoms with van der Waals surface area (Å²) >= 11 is 0. The molecule has 0 saturated heterocycles. The number of allylic oxidation sites excluding steroid dienone is 1. The molecule has 11 heteroatoms. The van der Waals surface area contributed by atoms with Crippen LogP contribution in [0.25, 0.3) is 27.9 Å². The van der Waals surface area contributed by atoms with Gasteiger partial charge in [0.1, 0.15) is 11.9 Å². The second-order valence-electron chi connectivity index (χ2n) is 8.16. The maximum Gasteiger partial charge on any atom is 0.333 e. The Bertz CT molecular complexity index is 1330. The summed E-state index contributed by atoms with van der Waals surface area (Å²) in [5.74, 6) is 0.397. The van der Waals surface area contributed by atoms with Crippen LogP contribution in [0.4, 0.5) is 5.82 Å². The SMILES string of the molecule is C=Nc1cc(-c2cccc3ccccc23)nn1/C(=C\C)N[C@@H]1C[C@H](COS(N)(=O)=O)[C@@H](O)[C@H]1O. The first-order valence-corrected chi connectivity index (χ1v) is 12.2. The Labute approximate surface area is 197 Å². The van der Waals surface area contributed by atoms with Gasteiger partial charge in [-0.3, -0.25) is 4.18 Å². The Morgan fingerprint density at radius 2 is 2.03 bits per heavy atom. The van der Waals surface area contributed by atoms with Gasteiger partial charge in [-0.05, 0) is 36.9 Å². The van der Waals surface area contributed by atoms with Crippen LogP contribution in [-0.4, -0.2) is 60.0 Å². The van der Waals surface area contributed by atoms with E-state index in [0.717, 1.165) is 16.3 Å². The van der Waals surface area contributed by atoms with Crippen LogP contribution in [0.2, 0.25) is 0 Å². The standard InChI is InChI=1S/C23H27N5O5S/c1-3-20(26-19-11-15(22(29)23(19)30)13-33-34(24,31)32)28-21(25-2)12-18(27-28)17-10-6-8-14-7-4-5-9-16(14)17/h3-10,12,15,19,22-23,26,29-30H,2,11,13H2,1H3,(H2,24,31,32)/b20-3-/t15-,19-,22-,23+/m1/s1. The van der Waals surface area contributed by atoms with E-state index < -0.39 is 34.5 Å².